The molecule has 1 aromatic rings. The van der Waals surface area contributed by atoms with Gasteiger partial charge in [-0.05, 0) is 66.1 Å². The van der Waals surface area contributed by atoms with Gasteiger partial charge in [0, 0.05) is 18.0 Å². The molecule has 3 rings (SSSR count). The van der Waals surface area contributed by atoms with Crippen molar-refractivity contribution < 1.29 is 17.6 Å². The van der Waals surface area contributed by atoms with Crippen LogP contribution in [0.25, 0.3) is 0 Å². The van der Waals surface area contributed by atoms with Crippen molar-refractivity contribution in [3.8, 4) is 0 Å². The zero-order chi connectivity index (χ0) is 14.4. The average Bonchev–Trinajstić information content (AvgIpc) is 2.16. The maximum absolute atomic E-state index is 13.4. The highest BCUT2D eigenvalue weighted by Crippen LogP contribution is 2.49. The average molecular weight is 305 g/mol. The second-order valence-corrected chi connectivity index (χ2v) is 7.06. The van der Waals surface area contributed by atoms with Gasteiger partial charge in [-0.25, -0.2) is 4.39 Å². The first-order chi connectivity index (χ1) is 9.34. The third-order valence-corrected chi connectivity index (χ3v) is 4.84. The molecule has 0 unspecified atom stereocenters. The molecule has 110 valence electrons. The molecule has 20 heavy (non-hydrogen) atoms. The van der Waals surface area contributed by atoms with Crippen LogP contribution in [0.15, 0.2) is 23.1 Å². The van der Waals surface area contributed by atoms with Gasteiger partial charge in [-0.1, -0.05) is 0 Å². The van der Waals surface area contributed by atoms with Crippen LogP contribution >= 0.6 is 11.8 Å². The number of thioether (sulfide) groups is 1. The van der Waals surface area contributed by atoms with Crippen LogP contribution in [-0.2, 0) is 6.42 Å². The van der Waals surface area contributed by atoms with Crippen LogP contribution in [0.4, 0.5) is 17.6 Å². The van der Waals surface area contributed by atoms with E-state index in [0.717, 1.165) is 32.0 Å². The molecule has 1 saturated heterocycles. The van der Waals surface area contributed by atoms with Gasteiger partial charge in [0.2, 0.25) is 0 Å². The molecule has 1 spiro atoms. The Morgan fingerprint density at radius 3 is 2.45 bits per heavy atom. The molecule has 1 aliphatic carbocycles. The highest BCUT2D eigenvalue weighted by Gasteiger charge is 2.47. The number of nitrogens with one attached hydrogen (secondary N) is 1. The fourth-order valence-electron chi connectivity index (χ4n) is 3.34. The van der Waals surface area contributed by atoms with Gasteiger partial charge in [0.05, 0.1) is 0 Å². The summed E-state index contributed by atoms with van der Waals surface area (Å²) in [6.45, 7) is 2.09. The van der Waals surface area contributed by atoms with Crippen molar-refractivity contribution in [3.05, 3.63) is 29.6 Å². The summed E-state index contributed by atoms with van der Waals surface area (Å²) in [5.74, 6) is -0.115. The van der Waals surface area contributed by atoms with Gasteiger partial charge >= 0.3 is 5.51 Å². The Hall–Kier alpha value is -0.750. The highest BCUT2D eigenvalue weighted by molar-refractivity contribution is 8.00. The zero-order valence-electron chi connectivity index (χ0n) is 10.8. The number of rotatable bonds is 3. The predicted octanol–water partition coefficient (Wildman–Crippen LogP) is 3.98. The lowest BCUT2D eigenvalue weighted by molar-refractivity contribution is -0.0328. The molecule has 1 aromatic carbocycles. The zero-order valence-corrected chi connectivity index (χ0v) is 11.6. The van der Waals surface area contributed by atoms with E-state index >= 15 is 0 Å². The Labute approximate surface area is 119 Å². The van der Waals surface area contributed by atoms with Gasteiger partial charge in [-0.15, -0.1) is 0 Å². The Balaban J connectivity index is 1.64. The fourth-order valence-corrected chi connectivity index (χ4v) is 3.99. The lowest BCUT2D eigenvalue weighted by Crippen LogP contribution is -2.60. The normalized spacial score (nSPS) is 21.6. The molecule has 1 nitrogen and oxygen atoms in total. The summed E-state index contributed by atoms with van der Waals surface area (Å²) in [5.41, 5.74) is -3.27. The molecule has 0 aromatic heterocycles. The largest absolute Gasteiger partial charge is 0.446 e. The topological polar surface area (TPSA) is 12.0 Å². The molecule has 2 aliphatic rings. The molecule has 0 amide bonds. The van der Waals surface area contributed by atoms with E-state index in [1.807, 2.05) is 0 Å². The predicted molar refractivity (Wildman–Crippen MR) is 70.0 cm³/mol. The first kappa shape index (κ1) is 14.2. The maximum Gasteiger partial charge on any atom is 0.446 e. The SMILES string of the molecule is Fc1cc(CC2CC3(CNC3)C2)cc(SC(F)(F)F)c1. The van der Waals surface area contributed by atoms with Crippen LogP contribution in [0.5, 0.6) is 0 Å². The van der Waals surface area contributed by atoms with Crippen molar-refractivity contribution in [1.82, 2.24) is 5.32 Å². The van der Waals surface area contributed by atoms with E-state index < -0.39 is 11.3 Å². The number of halogens is 4. The molecule has 6 heteroatoms. The van der Waals surface area contributed by atoms with Crippen molar-refractivity contribution in [2.75, 3.05) is 13.1 Å². The van der Waals surface area contributed by atoms with Crippen molar-refractivity contribution in [3.63, 3.8) is 0 Å². The summed E-state index contributed by atoms with van der Waals surface area (Å²) >= 11 is -0.253. The summed E-state index contributed by atoms with van der Waals surface area (Å²) < 4.78 is 50.4. The Bertz CT molecular complexity index is 502. The van der Waals surface area contributed by atoms with Gasteiger partial charge < -0.3 is 5.32 Å². The van der Waals surface area contributed by atoms with E-state index in [0.29, 0.717) is 23.3 Å². The van der Waals surface area contributed by atoms with Crippen LogP contribution in [-0.4, -0.2) is 18.6 Å². The molecular weight excluding hydrogens is 290 g/mol. The van der Waals surface area contributed by atoms with Gasteiger partial charge in [0.25, 0.3) is 0 Å². The summed E-state index contributed by atoms with van der Waals surface area (Å²) in [5, 5.41) is 3.24. The van der Waals surface area contributed by atoms with Crippen LogP contribution in [0.1, 0.15) is 18.4 Å². The third-order valence-electron chi connectivity index (χ3n) is 4.13. The Kier molecular flexibility index (Phi) is 3.49. The van der Waals surface area contributed by atoms with E-state index in [1.54, 1.807) is 0 Å². The lowest BCUT2D eigenvalue weighted by atomic mass is 9.57. The minimum atomic E-state index is -4.37. The van der Waals surface area contributed by atoms with Crippen molar-refractivity contribution in [2.24, 2.45) is 11.3 Å². The molecule has 1 aliphatic heterocycles. The number of alkyl halides is 3. The summed E-state index contributed by atoms with van der Waals surface area (Å²) in [6, 6.07) is 3.76. The van der Waals surface area contributed by atoms with E-state index in [9.17, 15) is 17.6 Å². The quantitative estimate of drug-likeness (QED) is 0.669. The molecule has 0 radical (unpaired) electrons. The minimum absolute atomic E-state index is 0.0631. The van der Waals surface area contributed by atoms with Crippen molar-refractivity contribution in [1.29, 1.82) is 0 Å². The fraction of sp³-hybridized carbons (Fsp3) is 0.571. The number of hydrogen-bond acceptors (Lipinski definition) is 2. The second kappa shape index (κ2) is 4.91. The molecule has 0 atom stereocenters. The smallest absolute Gasteiger partial charge is 0.316 e. The maximum atomic E-state index is 13.4. The lowest BCUT2D eigenvalue weighted by Gasteiger charge is -2.54. The standard InChI is InChI=1S/C14H15F4NS/c15-11-2-9(3-12(4-11)20-14(16,17)18)1-10-5-13(6-10)7-19-8-13/h2-4,10,19H,1,5-8H2. The molecular formula is C14H15F4NS. The van der Waals surface area contributed by atoms with Crippen LogP contribution in [0.3, 0.4) is 0 Å². The first-order valence-corrected chi connectivity index (χ1v) is 7.41. The Morgan fingerprint density at radius 1 is 1.20 bits per heavy atom. The number of benzene rings is 1. The highest BCUT2D eigenvalue weighted by atomic mass is 32.2. The summed E-state index contributed by atoms with van der Waals surface area (Å²) in [7, 11) is 0. The summed E-state index contributed by atoms with van der Waals surface area (Å²) in [4.78, 5) is -0.0631. The van der Waals surface area contributed by atoms with Crippen LogP contribution in [0.2, 0.25) is 0 Å². The Morgan fingerprint density at radius 2 is 1.90 bits per heavy atom. The van der Waals surface area contributed by atoms with Gasteiger partial charge in [0.1, 0.15) is 5.82 Å². The monoisotopic (exact) mass is 305 g/mol. The second-order valence-electron chi connectivity index (χ2n) is 5.92. The molecule has 0 bridgehead atoms. The molecule has 1 saturated carbocycles. The van der Waals surface area contributed by atoms with Gasteiger partial charge in [-0.2, -0.15) is 13.2 Å². The summed E-state index contributed by atoms with van der Waals surface area (Å²) in [6.07, 6.45) is 2.86. The van der Waals surface area contributed by atoms with E-state index in [2.05, 4.69) is 5.32 Å². The van der Waals surface area contributed by atoms with Crippen molar-refractivity contribution >= 4 is 11.8 Å². The molecule has 2 fully saturated rings. The molecule has 1 N–H and O–H groups in total. The van der Waals surface area contributed by atoms with Gasteiger partial charge in [0.15, 0.2) is 0 Å². The van der Waals surface area contributed by atoms with E-state index in [-0.39, 0.29) is 16.7 Å². The van der Waals surface area contributed by atoms with Crippen LogP contribution < -0.4 is 5.32 Å². The van der Waals surface area contributed by atoms with Crippen molar-refractivity contribution in [2.45, 2.75) is 29.7 Å². The third kappa shape index (κ3) is 3.11. The van der Waals surface area contributed by atoms with E-state index in [1.165, 1.54) is 12.1 Å². The van der Waals surface area contributed by atoms with Gasteiger partial charge in [-0.3, -0.25) is 0 Å². The number of hydrogen-bond donors (Lipinski definition) is 1. The van der Waals surface area contributed by atoms with Crippen LogP contribution in [0, 0.1) is 17.2 Å². The molecule has 1 heterocycles. The first-order valence-electron chi connectivity index (χ1n) is 6.60. The minimum Gasteiger partial charge on any atom is -0.316 e. The van der Waals surface area contributed by atoms with E-state index in [4.69, 9.17) is 0 Å².